The summed E-state index contributed by atoms with van der Waals surface area (Å²) in [4.78, 5) is 5.06. The molecule has 0 spiro atoms. The third-order valence-corrected chi connectivity index (χ3v) is 4.43. The molecule has 1 saturated carbocycles. The highest BCUT2D eigenvalue weighted by molar-refractivity contribution is 4.83. The van der Waals surface area contributed by atoms with Gasteiger partial charge in [0, 0.05) is 18.1 Å². The molecule has 0 aromatic carbocycles. The third kappa shape index (κ3) is 4.23. The number of nitrogens with zero attached hydrogens (tertiary/aromatic N) is 2. The lowest BCUT2D eigenvalue weighted by Gasteiger charge is -2.38. The average molecular weight is 239 g/mol. The van der Waals surface area contributed by atoms with Crippen molar-refractivity contribution in [3.05, 3.63) is 0 Å². The zero-order chi connectivity index (χ0) is 12.3. The normalized spacial score (nSPS) is 25.4. The third-order valence-electron chi connectivity index (χ3n) is 4.43. The smallest absolute Gasteiger partial charge is 0.0113 e. The monoisotopic (exact) mass is 239 g/mol. The maximum Gasteiger partial charge on any atom is 0.0113 e. The summed E-state index contributed by atoms with van der Waals surface area (Å²) in [6.07, 6.45) is 6.80. The van der Waals surface area contributed by atoms with Gasteiger partial charge in [0.2, 0.25) is 0 Å². The largest absolute Gasteiger partial charge is 0.314 e. The molecule has 1 saturated heterocycles. The molecular weight excluding hydrogens is 210 g/mol. The zero-order valence-electron chi connectivity index (χ0n) is 11.8. The molecule has 1 aliphatic heterocycles. The second-order valence-electron chi connectivity index (χ2n) is 6.10. The Kier molecular flexibility index (Phi) is 4.83. The lowest BCUT2D eigenvalue weighted by atomic mass is 10.0. The molecule has 0 bridgehead atoms. The second-order valence-corrected chi connectivity index (χ2v) is 6.10. The summed E-state index contributed by atoms with van der Waals surface area (Å²) < 4.78 is 0. The van der Waals surface area contributed by atoms with Crippen LogP contribution in [0.2, 0.25) is 0 Å². The van der Waals surface area contributed by atoms with Crippen LogP contribution in [-0.4, -0.2) is 61.7 Å². The van der Waals surface area contributed by atoms with Gasteiger partial charge < -0.3 is 15.1 Å². The van der Waals surface area contributed by atoms with Crippen LogP contribution in [0, 0.1) is 0 Å². The predicted molar refractivity (Wildman–Crippen MR) is 73.4 cm³/mol. The highest BCUT2D eigenvalue weighted by Gasteiger charge is 2.24. The second kappa shape index (κ2) is 6.17. The van der Waals surface area contributed by atoms with E-state index in [9.17, 15) is 0 Å². The van der Waals surface area contributed by atoms with Gasteiger partial charge in [-0.2, -0.15) is 0 Å². The number of hydrogen-bond donors (Lipinski definition) is 1. The Labute approximate surface area is 107 Å². The molecule has 1 atom stereocenters. The zero-order valence-corrected chi connectivity index (χ0v) is 11.8. The van der Waals surface area contributed by atoms with E-state index in [0.717, 1.165) is 18.1 Å². The first kappa shape index (κ1) is 13.3. The fourth-order valence-corrected chi connectivity index (χ4v) is 2.81. The van der Waals surface area contributed by atoms with E-state index in [4.69, 9.17) is 0 Å². The van der Waals surface area contributed by atoms with Crippen LogP contribution in [-0.2, 0) is 0 Å². The fraction of sp³-hybridized carbons (Fsp3) is 1.00. The summed E-state index contributed by atoms with van der Waals surface area (Å²) in [6.45, 7) is 6.17. The van der Waals surface area contributed by atoms with Crippen molar-refractivity contribution < 1.29 is 0 Å². The molecule has 0 radical (unpaired) electrons. The molecule has 0 amide bonds. The quantitative estimate of drug-likeness (QED) is 0.758. The van der Waals surface area contributed by atoms with Gasteiger partial charge in [0.1, 0.15) is 0 Å². The van der Waals surface area contributed by atoms with E-state index >= 15 is 0 Å². The van der Waals surface area contributed by atoms with Crippen LogP contribution in [0.4, 0.5) is 0 Å². The van der Waals surface area contributed by atoms with Crippen molar-refractivity contribution in [2.45, 2.75) is 57.2 Å². The van der Waals surface area contributed by atoms with Gasteiger partial charge in [-0.15, -0.1) is 0 Å². The lowest BCUT2D eigenvalue weighted by Crippen LogP contribution is -2.46. The van der Waals surface area contributed by atoms with Crippen molar-refractivity contribution in [2.75, 3.05) is 33.7 Å². The van der Waals surface area contributed by atoms with E-state index in [1.807, 2.05) is 0 Å². The van der Waals surface area contributed by atoms with E-state index in [-0.39, 0.29) is 0 Å². The number of rotatable bonds is 6. The van der Waals surface area contributed by atoms with Gasteiger partial charge in [-0.25, -0.2) is 0 Å². The van der Waals surface area contributed by atoms with Gasteiger partial charge in [-0.1, -0.05) is 0 Å². The van der Waals surface area contributed by atoms with E-state index in [2.05, 4.69) is 36.1 Å². The molecule has 1 heterocycles. The minimum absolute atomic E-state index is 0.754. The summed E-state index contributed by atoms with van der Waals surface area (Å²) in [5.41, 5.74) is 0. The summed E-state index contributed by atoms with van der Waals surface area (Å²) >= 11 is 0. The van der Waals surface area contributed by atoms with E-state index in [1.54, 1.807) is 0 Å². The van der Waals surface area contributed by atoms with Crippen molar-refractivity contribution in [2.24, 2.45) is 0 Å². The van der Waals surface area contributed by atoms with Crippen molar-refractivity contribution in [3.8, 4) is 0 Å². The molecule has 2 rings (SSSR count). The molecule has 0 aromatic rings. The van der Waals surface area contributed by atoms with Crippen LogP contribution < -0.4 is 5.32 Å². The SMILES string of the molecule is CC(CCNC1CC1)N1CCC(N(C)C)CC1. The Morgan fingerprint density at radius 2 is 1.82 bits per heavy atom. The standard InChI is InChI=1S/C14H29N3/c1-12(6-9-15-13-4-5-13)17-10-7-14(8-11-17)16(2)3/h12-15H,4-11H2,1-3H3. The molecule has 3 nitrogen and oxygen atoms in total. The summed E-state index contributed by atoms with van der Waals surface area (Å²) in [6, 6.07) is 2.43. The van der Waals surface area contributed by atoms with E-state index < -0.39 is 0 Å². The predicted octanol–water partition coefficient (Wildman–Crippen LogP) is 1.54. The Bertz CT molecular complexity index is 218. The van der Waals surface area contributed by atoms with Crippen LogP contribution >= 0.6 is 0 Å². The molecule has 100 valence electrons. The number of nitrogens with one attached hydrogen (secondary N) is 1. The highest BCUT2D eigenvalue weighted by Crippen LogP contribution is 2.20. The Balaban J connectivity index is 1.61. The molecule has 2 fully saturated rings. The molecule has 17 heavy (non-hydrogen) atoms. The number of likely N-dealkylation sites (tertiary alicyclic amines) is 1. The van der Waals surface area contributed by atoms with Gasteiger partial charge in [0.25, 0.3) is 0 Å². The van der Waals surface area contributed by atoms with Crippen LogP contribution in [0.25, 0.3) is 0 Å². The van der Waals surface area contributed by atoms with Gasteiger partial charge in [-0.05, 0) is 72.8 Å². The first-order valence-electron chi connectivity index (χ1n) is 7.30. The van der Waals surface area contributed by atoms with Crippen LogP contribution in [0.15, 0.2) is 0 Å². The van der Waals surface area contributed by atoms with Crippen molar-refractivity contribution in [3.63, 3.8) is 0 Å². The van der Waals surface area contributed by atoms with E-state index in [1.165, 1.54) is 51.7 Å². The first-order valence-corrected chi connectivity index (χ1v) is 7.30. The van der Waals surface area contributed by atoms with Crippen molar-refractivity contribution in [1.29, 1.82) is 0 Å². The summed E-state index contributed by atoms with van der Waals surface area (Å²) in [7, 11) is 4.42. The molecule has 2 aliphatic rings. The molecule has 3 heteroatoms. The lowest BCUT2D eigenvalue weighted by molar-refractivity contribution is 0.111. The van der Waals surface area contributed by atoms with Gasteiger partial charge in [0.05, 0.1) is 0 Å². The van der Waals surface area contributed by atoms with Crippen LogP contribution in [0.5, 0.6) is 0 Å². The highest BCUT2D eigenvalue weighted by atomic mass is 15.2. The van der Waals surface area contributed by atoms with E-state index in [0.29, 0.717) is 0 Å². The number of piperidine rings is 1. The average Bonchev–Trinajstić information content (AvgIpc) is 3.13. The Hall–Kier alpha value is -0.120. The summed E-state index contributed by atoms with van der Waals surface area (Å²) in [5.74, 6) is 0. The van der Waals surface area contributed by atoms with Crippen molar-refractivity contribution in [1.82, 2.24) is 15.1 Å². The van der Waals surface area contributed by atoms with Gasteiger partial charge in [0.15, 0.2) is 0 Å². The summed E-state index contributed by atoms with van der Waals surface area (Å²) in [5, 5.41) is 3.62. The molecular formula is C14H29N3. The fourth-order valence-electron chi connectivity index (χ4n) is 2.81. The minimum Gasteiger partial charge on any atom is -0.314 e. The maximum absolute atomic E-state index is 3.62. The number of hydrogen-bond acceptors (Lipinski definition) is 3. The van der Waals surface area contributed by atoms with Crippen molar-refractivity contribution >= 4 is 0 Å². The van der Waals surface area contributed by atoms with Crippen LogP contribution in [0.3, 0.4) is 0 Å². The molecule has 1 N–H and O–H groups in total. The minimum atomic E-state index is 0.754. The molecule has 1 aliphatic carbocycles. The molecule has 0 aromatic heterocycles. The van der Waals surface area contributed by atoms with Crippen LogP contribution in [0.1, 0.15) is 39.0 Å². The maximum atomic E-state index is 3.62. The topological polar surface area (TPSA) is 18.5 Å². The first-order chi connectivity index (χ1) is 8.16. The van der Waals surface area contributed by atoms with Gasteiger partial charge >= 0.3 is 0 Å². The Morgan fingerprint density at radius 3 is 2.35 bits per heavy atom. The van der Waals surface area contributed by atoms with Gasteiger partial charge in [-0.3, -0.25) is 0 Å². The molecule has 1 unspecified atom stereocenters. The Morgan fingerprint density at radius 1 is 1.18 bits per heavy atom.